The molecule has 1 aliphatic rings. The molecule has 1 saturated heterocycles. The molecule has 0 spiro atoms. The Bertz CT molecular complexity index is 378. The zero-order valence-corrected chi connectivity index (χ0v) is 10.6. The third-order valence-corrected chi connectivity index (χ3v) is 4.67. The summed E-state index contributed by atoms with van der Waals surface area (Å²) in [5.74, 6) is 0.323. The second-order valence-corrected chi connectivity index (χ2v) is 6.26. The van der Waals surface area contributed by atoms with Gasteiger partial charge in [-0.15, -0.1) is 0 Å². The van der Waals surface area contributed by atoms with Crippen molar-refractivity contribution >= 4 is 23.4 Å². The summed E-state index contributed by atoms with van der Waals surface area (Å²) < 4.78 is 13.6. The number of aliphatic hydroxyl groups is 1. The molecular formula is C12H14ClFOS. The van der Waals surface area contributed by atoms with Gasteiger partial charge in [0.1, 0.15) is 5.82 Å². The normalized spacial score (nSPS) is 29.6. The summed E-state index contributed by atoms with van der Waals surface area (Å²) in [5, 5.41) is 11.1. The molecule has 1 heterocycles. The van der Waals surface area contributed by atoms with Gasteiger partial charge in [0.25, 0.3) is 0 Å². The van der Waals surface area contributed by atoms with E-state index in [4.69, 9.17) is 11.6 Å². The Kier molecular flexibility index (Phi) is 3.48. The Morgan fingerprint density at radius 3 is 2.94 bits per heavy atom. The minimum absolute atomic E-state index is 0.301. The summed E-state index contributed by atoms with van der Waals surface area (Å²) in [6, 6.07) is 4.63. The second kappa shape index (κ2) is 4.55. The average Bonchev–Trinajstić information content (AvgIpc) is 2.53. The van der Waals surface area contributed by atoms with Crippen LogP contribution < -0.4 is 0 Å². The minimum atomic E-state index is -0.810. The fourth-order valence-corrected chi connectivity index (χ4v) is 3.58. The van der Waals surface area contributed by atoms with Gasteiger partial charge >= 0.3 is 0 Å². The van der Waals surface area contributed by atoms with Crippen molar-refractivity contribution in [1.29, 1.82) is 0 Å². The molecule has 4 heteroatoms. The highest BCUT2D eigenvalue weighted by atomic mass is 35.5. The average molecular weight is 261 g/mol. The van der Waals surface area contributed by atoms with Crippen molar-refractivity contribution in [3.05, 3.63) is 34.6 Å². The predicted octanol–water partition coefficient (Wildman–Crippen LogP) is 3.28. The lowest BCUT2D eigenvalue weighted by molar-refractivity contribution is 0.0634. The lowest BCUT2D eigenvalue weighted by Crippen LogP contribution is -2.32. The zero-order chi connectivity index (χ0) is 11.8. The maximum absolute atomic E-state index is 13.6. The largest absolute Gasteiger partial charge is 0.389 e. The van der Waals surface area contributed by atoms with E-state index in [1.165, 1.54) is 6.07 Å². The van der Waals surface area contributed by atoms with E-state index in [2.05, 4.69) is 6.92 Å². The van der Waals surface area contributed by atoms with Crippen LogP contribution in [0.15, 0.2) is 18.2 Å². The van der Waals surface area contributed by atoms with Crippen molar-refractivity contribution in [1.82, 2.24) is 0 Å². The van der Waals surface area contributed by atoms with Crippen molar-refractivity contribution in [2.45, 2.75) is 30.6 Å². The first-order chi connectivity index (χ1) is 7.50. The lowest BCUT2D eigenvalue weighted by atomic mass is 9.92. The molecule has 2 rings (SSSR count). The fourth-order valence-electron chi connectivity index (χ4n) is 2.10. The standard InChI is InChI=1S/C12H14ClFOS/c1-8-5-12(15,7-16-8)6-9-10(13)3-2-4-11(9)14/h2-4,8,15H,5-7H2,1H3. The maximum atomic E-state index is 13.6. The molecule has 16 heavy (non-hydrogen) atoms. The van der Waals surface area contributed by atoms with Crippen LogP contribution in [-0.2, 0) is 6.42 Å². The van der Waals surface area contributed by atoms with Gasteiger partial charge in [-0.3, -0.25) is 0 Å². The maximum Gasteiger partial charge on any atom is 0.127 e. The van der Waals surface area contributed by atoms with Gasteiger partial charge in [0.2, 0.25) is 0 Å². The molecule has 1 fully saturated rings. The van der Waals surface area contributed by atoms with Crippen LogP contribution in [0.1, 0.15) is 18.9 Å². The molecule has 0 amide bonds. The topological polar surface area (TPSA) is 20.2 Å². The van der Waals surface area contributed by atoms with Crippen LogP contribution >= 0.6 is 23.4 Å². The zero-order valence-electron chi connectivity index (χ0n) is 9.04. The van der Waals surface area contributed by atoms with Crippen LogP contribution in [0.5, 0.6) is 0 Å². The number of halogens is 2. The van der Waals surface area contributed by atoms with Crippen LogP contribution in [0.25, 0.3) is 0 Å². The number of rotatable bonds is 2. The van der Waals surface area contributed by atoms with E-state index in [0.717, 1.165) is 0 Å². The molecule has 0 radical (unpaired) electrons. The van der Waals surface area contributed by atoms with Crippen LogP contribution in [-0.4, -0.2) is 21.7 Å². The molecule has 1 aromatic rings. The van der Waals surface area contributed by atoms with Crippen molar-refractivity contribution in [2.24, 2.45) is 0 Å². The molecule has 88 valence electrons. The molecule has 0 saturated carbocycles. The van der Waals surface area contributed by atoms with Gasteiger partial charge in [0.15, 0.2) is 0 Å². The van der Waals surface area contributed by atoms with Crippen molar-refractivity contribution in [3.8, 4) is 0 Å². The van der Waals surface area contributed by atoms with E-state index in [1.807, 2.05) is 0 Å². The summed E-state index contributed by atoms with van der Waals surface area (Å²) in [6.45, 7) is 2.07. The minimum Gasteiger partial charge on any atom is -0.389 e. The van der Waals surface area contributed by atoms with Crippen molar-refractivity contribution in [3.63, 3.8) is 0 Å². The Labute approximate surface area is 104 Å². The molecular weight excluding hydrogens is 247 g/mol. The number of hydrogen-bond acceptors (Lipinski definition) is 2. The summed E-state index contributed by atoms with van der Waals surface area (Å²) in [4.78, 5) is 0. The molecule has 2 atom stereocenters. The highest BCUT2D eigenvalue weighted by Crippen LogP contribution is 2.37. The number of hydrogen-bond donors (Lipinski definition) is 1. The summed E-state index contributed by atoms with van der Waals surface area (Å²) in [6.07, 6.45) is 0.998. The molecule has 0 aliphatic carbocycles. The number of thioether (sulfide) groups is 1. The lowest BCUT2D eigenvalue weighted by Gasteiger charge is -2.22. The van der Waals surface area contributed by atoms with E-state index in [1.54, 1.807) is 23.9 Å². The Balaban J connectivity index is 2.21. The van der Waals surface area contributed by atoms with Crippen LogP contribution in [0.2, 0.25) is 5.02 Å². The first-order valence-electron chi connectivity index (χ1n) is 5.27. The SMILES string of the molecule is CC1CC(O)(Cc2c(F)cccc2Cl)CS1. The first kappa shape index (κ1) is 12.2. The molecule has 1 aliphatic heterocycles. The summed E-state index contributed by atoms with van der Waals surface area (Å²) in [5.41, 5.74) is -0.378. The van der Waals surface area contributed by atoms with Gasteiger partial charge < -0.3 is 5.11 Å². The third kappa shape index (κ3) is 2.53. The summed E-state index contributed by atoms with van der Waals surface area (Å²) in [7, 11) is 0. The molecule has 2 unspecified atom stereocenters. The van der Waals surface area contributed by atoms with Gasteiger partial charge in [0.05, 0.1) is 5.60 Å². The quantitative estimate of drug-likeness (QED) is 0.881. The molecule has 0 aromatic heterocycles. The van der Waals surface area contributed by atoms with Gasteiger partial charge in [-0.05, 0) is 18.6 Å². The van der Waals surface area contributed by atoms with E-state index in [0.29, 0.717) is 34.4 Å². The van der Waals surface area contributed by atoms with Crippen molar-refractivity contribution in [2.75, 3.05) is 5.75 Å². The van der Waals surface area contributed by atoms with Crippen molar-refractivity contribution < 1.29 is 9.50 Å². The highest BCUT2D eigenvalue weighted by molar-refractivity contribution is 8.00. The van der Waals surface area contributed by atoms with Gasteiger partial charge in [0, 0.05) is 28.0 Å². The smallest absolute Gasteiger partial charge is 0.127 e. The summed E-state index contributed by atoms with van der Waals surface area (Å²) >= 11 is 7.67. The molecule has 1 aromatic carbocycles. The highest BCUT2D eigenvalue weighted by Gasteiger charge is 2.37. The predicted molar refractivity (Wildman–Crippen MR) is 66.6 cm³/mol. The van der Waals surface area contributed by atoms with Gasteiger partial charge in [-0.25, -0.2) is 4.39 Å². The van der Waals surface area contributed by atoms with Gasteiger partial charge in [-0.1, -0.05) is 24.6 Å². The molecule has 0 bridgehead atoms. The van der Waals surface area contributed by atoms with E-state index in [-0.39, 0.29) is 5.82 Å². The molecule has 1 N–H and O–H groups in total. The van der Waals surface area contributed by atoms with Crippen LogP contribution in [0.4, 0.5) is 4.39 Å². The van der Waals surface area contributed by atoms with Gasteiger partial charge in [-0.2, -0.15) is 11.8 Å². The monoisotopic (exact) mass is 260 g/mol. The number of benzene rings is 1. The fraction of sp³-hybridized carbons (Fsp3) is 0.500. The van der Waals surface area contributed by atoms with E-state index < -0.39 is 5.60 Å². The Morgan fingerprint density at radius 2 is 2.38 bits per heavy atom. The van der Waals surface area contributed by atoms with E-state index in [9.17, 15) is 9.50 Å². The first-order valence-corrected chi connectivity index (χ1v) is 6.70. The van der Waals surface area contributed by atoms with E-state index >= 15 is 0 Å². The third-order valence-electron chi connectivity index (χ3n) is 2.87. The Hall–Kier alpha value is -0.250. The van der Waals surface area contributed by atoms with Crippen LogP contribution in [0.3, 0.4) is 0 Å². The Morgan fingerprint density at radius 1 is 1.62 bits per heavy atom. The molecule has 1 nitrogen and oxygen atoms in total. The second-order valence-electron chi connectivity index (χ2n) is 4.43. The van der Waals surface area contributed by atoms with Crippen LogP contribution in [0, 0.1) is 5.82 Å².